The summed E-state index contributed by atoms with van der Waals surface area (Å²) in [6.07, 6.45) is 5.84. The molecule has 2 rings (SSSR count). The van der Waals surface area contributed by atoms with Gasteiger partial charge in [-0.3, -0.25) is 20.4 Å². The van der Waals surface area contributed by atoms with Gasteiger partial charge in [-0.05, 0) is 18.6 Å². The van der Waals surface area contributed by atoms with E-state index in [1.54, 1.807) is 6.07 Å². The number of carbonyl (C=O) groups excluding carboxylic acids is 2. The fourth-order valence-corrected chi connectivity index (χ4v) is 2.33. The molecular weight excluding hydrogens is 290 g/mol. The van der Waals surface area contributed by atoms with E-state index in [0.29, 0.717) is 6.42 Å². The Hall–Kier alpha value is -2.43. The van der Waals surface area contributed by atoms with E-state index in [0.717, 1.165) is 30.2 Å². The van der Waals surface area contributed by atoms with E-state index in [1.807, 2.05) is 30.3 Å². The molecule has 0 aliphatic carbocycles. The first kappa shape index (κ1) is 16.9. The first-order valence-electron chi connectivity index (χ1n) is 8.15. The summed E-state index contributed by atoms with van der Waals surface area (Å²) in [5.74, 6) is -0.578. The SMILES string of the molecule is CCCCCCCC(=O)NNC(=O)c1ccc2ccccc2n1. The Bertz CT molecular complexity index is 670. The van der Waals surface area contributed by atoms with Gasteiger partial charge in [-0.1, -0.05) is 56.9 Å². The zero-order valence-electron chi connectivity index (χ0n) is 13.5. The van der Waals surface area contributed by atoms with Crippen molar-refractivity contribution >= 4 is 22.7 Å². The second kappa shape index (κ2) is 8.88. The number of rotatable bonds is 7. The van der Waals surface area contributed by atoms with Crippen LogP contribution in [0, 0.1) is 0 Å². The van der Waals surface area contributed by atoms with Gasteiger partial charge in [0.2, 0.25) is 5.91 Å². The second-order valence-electron chi connectivity index (χ2n) is 5.56. The molecule has 5 heteroatoms. The molecule has 23 heavy (non-hydrogen) atoms. The van der Waals surface area contributed by atoms with Crippen LogP contribution < -0.4 is 10.9 Å². The molecule has 5 nitrogen and oxygen atoms in total. The van der Waals surface area contributed by atoms with Crippen LogP contribution in [0.4, 0.5) is 0 Å². The topological polar surface area (TPSA) is 71.1 Å². The zero-order valence-corrected chi connectivity index (χ0v) is 13.5. The lowest BCUT2D eigenvalue weighted by atomic mass is 10.1. The van der Waals surface area contributed by atoms with Crippen molar-refractivity contribution in [3.63, 3.8) is 0 Å². The minimum absolute atomic E-state index is 0.171. The molecule has 0 saturated heterocycles. The third kappa shape index (κ3) is 5.36. The number of hydrazine groups is 1. The maximum atomic E-state index is 12.0. The molecular formula is C18H23N3O2. The van der Waals surface area contributed by atoms with E-state index >= 15 is 0 Å². The van der Waals surface area contributed by atoms with Crippen molar-refractivity contribution in [2.45, 2.75) is 45.4 Å². The van der Waals surface area contributed by atoms with Gasteiger partial charge in [-0.15, -0.1) is 0 Å². The fraction of sp³-hybridized carbons (Fsp3) is 0.389. The van der Waals surface area contributed by atoms with Crippen LogP contribution in [0.5, 0.6) is 0 Å². The van der Waals surface area contributed by atoms with E-state index < -0.39 is 5.91 Å². The van der Waals surface area contributed by atoms with Gasteiger partial charge in [0.05, 0.1) is 5.52 Å². The standard InChI is InChI=1S/C18H23N3O2/c1-2-3-4-5-6-11-17(22)20-21-18(23)16-13-12-14-9-7-8-10-15(14)19-16/h7-10,12-13H,2-6,11H2,1H3,(H,20,22)(H,21,23). The number of hydrogen-bond acceptors (Lipinski definition) is 3. The Kier molecular flexibility index (Phi) is 6.54. The quantitative estimate of drug-likeness (QED) is 0.608. The lowest BCUT2D eigenvalue weighted by Gasteiger charge is -2.07. The maximum absolute atomic E-state index is 12.0. The highest BCUT2D eigenvalue weighted by Crippen LogP contribution is 2.11. The summed E-state index contributed by atoms with van der Waals surface area (Å²) >= 11 is 0. The van der Waals surface area contributed by atoms with Crippen LogP contribution in [0.25, 0.3) is 10.9 Å². The number of hydrogen-bond donors (Lipinski definition) is 2. The molecule has 0 spiro atoms. The number of para-hydroxylation sites is 1. The van der Waals surface area contributed by atoms with Crippen molar-refractivity contribution in [2.75, 3.05) is 0 Å². The van der Waals surface area contributed by atoms with Crippen LogP contribution in [-0.2, 0) is 4.79 Å². The third-order valence-electron chi connectivity index (χ3n) is 3.65. The third-order valence-corrected chi connectivity index (χ3v) is 3.65. The Morgan fingerprint density at radius 1 is 0.957 bits per heavy atom. The van der Waals surface area contributed by atoms with Crippen LogP contribution in [0.3, 0.4) is 0 Å². The highest BCUT2D eigenvalue weighted by Gasteiger charge is 2.09. The van der Waals surface area contributed by atoms with Gasteiger partial charge in [-0.2, -0.15) is 0 Å². The van der Waals surface area contributed by atoms with Gasteiger partial charge >= 0.3 is 0 Å². The number of benzene rings is 1. The smallest absolute Gasteiger partial charge is 0.273 e. The molecule has 0 fully saturated rings. The maximum Gasteiger partial charge on any atom is 0.288 e. The Balaban J connectivity index is 1.78. The predicted octanol–water partition coefficient (Wildman–Crippen LogP) is 3.36. The average molecular weight is 313 g/mol. The molecule has 1 aromatic heterocycles. The number of carbonyl (C=O) groups is 2. The Morgan fingerprint density at radius 2 is 1.74 bits per heavy atom. The lowest BCUT2D eigenvalue weighted by Crippen LogP contribution is -2.41. The van der Waals surface area contributed by atoms with E-state index in [2.05, 4.69) is 22.8 Å². The van der Waals surface area contributed by atoms with Crippen molar-refractivity contribution in [3.8, 4) is 0 Å². The first-order chi connectivity index (χ1) is 11.2. The Labute approximate surface area is 136 Å². The van der Waals surface area contributed by atoms with Crippen molar-refractivity contribution in [2.24, 2.45) is 0 Å². The molecule has 0 aliphatic heterocycles. The monoisotopic (exact) mass is 313 g/mol. The van der Waals surface area contributed by atoms with E-state index in [4.69, 9.17) is 0 Å². The molecule has 0 radical (unpaired) electrons. The summed E-state index contributed by atoms with van der Waals surface area (Å²) in [4.78, 5) is 28.0. The number of amides is 2. The number of unbranched alkanes of at least 4 members (excludes halogenated alkanes) is 4. The number of fused-ring (bicyclic) bond motifs is 1. The van der Waals surface area contributed by atoms with Gasteiger partial charge < -0.3 is 0 Å². The summed E-state index contributed by atoms with van der Waals surface area (Å²) in [6.45, 7) is 2.16. The van der Waals surface area contributed by atoms with Gasteiger partial charge in [-0.25, -0.2) is 4.98 Å². The highest BCUT2D eigenvalue weighted by molar-refractivity contribution is 5.95. The minimum Gasteiger partial charge on any atom is -0.273 e. The molecule has 122 valence electrons. The van der Waals surface area contributed by atoms with Gasteiger partial charge in [0.1, 0.15) is 5.69 Å². The fourth-order valence-electron chi connectivity index (χ4n) is 2.33. The summed E-state index contributed by atoms with van der Waals surface area (Å²) in [5.41, 5.74) is 5.89. The van der Waals surface area contributed by atoms with Crippen molar-refractivity contribution < 1.29 is 9.59 Å². The summed E-state index contributed by atoms with van der Waals surface area (Å²) in [6, 6.07) is 11.1. The first-order valence-corrected chi connectivity index (χ1v) is 8.15. The van der Waals surface area contributed by atoms with E-state index in [1.165, 1.54) is 12.8 Å². The molecule has 2 amide bonds. The largest absolute Gasteiger partial charge is 0.288 e. The molecule has 0 bridgehead atoms. The lowest BCUT2D eigenvalue weighted by molar-refractivity contribution is -0.122. The minimum atomic E-state index is -0.407. The molecule has 0 unspecified atom stereocenters. The molecule has 0 aliphatic rings. The summed E-state index contributed by atoms with van der Waals surface area (Å²) in [5, 5.41) is 0.972. The summed E-state index contributed by atoms with van der Waals surface area (Å²) < 4.78 is 0. The van der Waals surface area contributed by atoms with Crippen molar-refractivity contribution in [1.82, 2.24) is 15.8 Å². The number of aromatic nitrogens is 1. The van der Waals surface area contributed by atoms with Gasteiger partial charge in [0.25, 0.3) is 5.91 Å². The normalized spacial score (nSPS) is 10.5. The predicted molar refractivity (Wildman–Crippen MR) is 90.7 cm³/mol. The van der Waals surface area contributed by atoms with Crippen molar-refractivity contribution in [1.29, 1.82) is 0 Å². The van der Waals surface area contributed by atoms with Crippen LogP contribution in [-0.4, -0.2) is 16.8 Å². The van der Waals surface area contributed by atoms with Gasteiger partial charge in [0, 0.05) is 11.8 Å². The van der Waals surface area contributed by atoms with E-state index in [-0.39, 0.29) is 11.6 Å². The summed E-state index contributed by atoms with van der Waals surface area (Å²) in [7, 11) is 0. The molecule has 0 saturated carbocycles. The average Bonchev–Trinajstić information content (AvgIpc) is 2.59. The van der Waals surface area contributed by atoms with Crippen LogP contribution >= 0.6 is 0 Å². The van der Waals surface area contributed by atoms with Crippen molar-refractivity contribution in [3.05, 3.63) is 42.1 Å². The molecule has 2 N–H and O–H groups in total. The zero-order chi connectivity index (χ0) is 16.5. The number of pyridine rings is 1. The molecule has 2 aromatic rings. The molecule has 1 aromatic carbocycles. The number of nitrogens with zero attached hydrogens (tertiary/aromatic N) is 1. The van der Waals surface area contributed by atoms with Crippen LogP contribution in [0.1, 0.15) is 55.9 Å². The number of nitrogens with one attached hydrogen (secondary N) is 2. The Morgan fingerprint density at radius 3 is 2.57 bits per heavy atom. The second-order valence-corrected chi connectivity index (χ2v) is 5.56. The van der Waals surface area contributed by atoms with Gasteiger partial charge in [0.15, 0.2) is 0 Å². The van der Waals surface area contributed by atoms with E-state index in [9.17, 15) is 9.59 Å². The van der Waals surface area contributed by atoms with Crippen LogP contribution in [0.15, 0.2) is 36.4 Å². The molecule has 0 atom stereocenters. The molecule has 1 heterocycles. The highest BCUT2D eigenvalue weighted by atomic mass is 16.2. The van der Waals surface area contributed by atoms with Crippen LogP contribution in [0.2, 0.25) is 0 Å².